The molecule has 1 heterocycles. The van der Waals surface area contributed by atoms with Crippen LogP contribution in [0.3, 0.4) is 0 Å². The van der Waals surface area contributed by atoms with Crippen molar-refractivity contribution in [2.45, 2.75) is 37.6 Å². The molecule has 138 valence electrons. The lowest BCUT2D eigenvalue weighted by atomic mass is 10.1. The Balaban J connectivity index is 1.72. The van der Waals surface area contributed by atoms with E-state index in [1.54, 1.807) is 0 Å². The molecule has 7 heteroatoms. The topological polar surface area (TPSA) is 83.1 Å². The van der Waals surface area contributed by atoms with Crippen LogP contribution in [0.5, 0.6) is 5.75 Å². The average Bonchev–Trinajstić information content (AvgIpc) is 2.92. The van der Waals surface area contributed by atoms with Crippen LogP contribution in [-0.2, 0) is 4.74 Å². The molecule has 0 aromatic heterocycles. The molecule has 3 rings (SSSR count). The monoisotopic (exact) mass is 349 g/mol. The molecule has 1 saturated carbocycles. The van der Waals surface area contributed by atoms with Gasteiger partial charge in [-0.2, -0.15) is 0 Å². The van der Waals surface area contributed by atoms with E-state index in [4.69, 9.17) is 9.47 Å². The highest BCUT2D eigenvalue weighted by atomic mass is 16.5. The van der Waals surface area contributed by atoms with E-state index in [9.17, 15) is 9.90 Å². The highest BCUT2D eigenvalue weighted by molar-refractivity contribution is 5.74. The number of amides is 2. The van der Waals surface area contributed by atoms with Gasteiger partial charge in [0.25, 0.3) is 0 Å². The fourth-order valence-corrected chi connectivity index (χ4v) is 3.65. The predicted octanol–water partition coefficient (Wildman–Crippen LogP) is 0.587. The summed E-state index contributed by atoms with van der Waals surface area (Å²) in [6.07, 6.45) is -0.470. The number of carbonyl (C=O) groups excluding carboxylic acids is 1. The van der Waals surface area contributed by atoms with Gasteiger partial charge in [-0.05, 0) is 19.1 Å². The minimum Gasteiger partial charge on any atom is -0.488 e. The van der Waals surface area contributed by atoms with Crippen molar-refractivity contribution < 1.29 is 19.4 Å². The van der Waals surface area contributed by atoms with Crippen molar-refractivity contribution in [1.82, 2.24) is 15.5 Å². The Morgan fingerprint density at radius 2 is 2.04 bits per heavy atom. The maximum atomic E-state index is 12.0. The Kier molecular flexibility index (Phi) is 6.12. The molecule has 2 fully saturated rings. The Morgan fingerprint density at radius 3 is 2.72 bits per heavy atom. The van der Waals surface area contributed by atoms with Crippen molar-refractivity contribution in [3.05, 3.63) is 30.3 Å². The van der Waals surface area contributed by atoms with Gasteiger partial charge >= 0.3 is 6.03 Å². The Hall–Kier alpha value is -1.83. The molecule has 2 amide bonds. The molecule has 25 heavy (non-hydrogen) atoms. The van der Waals surface area contributed by atoms with Crippen molar-refractivity contribution in [3.8, 4) is 5.75 Å². The lowest BCUT2D eigenvalue weighted by molar-refractivity contribution is -0.0348. The van der Waals surface area contributed by atoms with Gasteiger partial charge in [-0.25, -0.2) is 4.79 Å². The molecule has 1 aromatic rings. The van der Waals surface area contributed by atoms with Gasteiger partial charge in [-0.1, -0.05) is 18.2 Å². The standard InChI is InChI=1S/C18H27N3O4/c1-2-19-18(23)20-14-12-15(25-13-6-4-3-5-7-13)17(22)16(14)21-8-10-24-11-9-21/h3-7,14-17,22H,2,8-12H2,1H3,(H2,19,20,23)/t14-,15-,16+,17+/m1/s1. The molecule has 0 spiro atoms. The second-order valence-electron chi connectivity index (χ2n) is 6.44. The van der Waals surface area contributed by atoms with Gasteiger partial charge in [0.1, 0.15) is 18.0 Å². The van der Waals surface area contributed by atoms with E-state index in [-0.39, 0.29) is 24.2 Å². The zero-order chi connectivity index (χ0) is 17.6. The van der Waals surface area contributed by atoms with Crippen LogP contribution in [0.25, 0.3) is 0 Å². The molecule has 7 nitrogen and oxygen atoms in total. The molecular weight excluding hydrogens is 322 g/mol. The Bertz CT molecular complexity index is 551. The molecule has 0 unspecified atom stereocenters. The van der Waals surface area contributed by atoms with Crippen molar-refractivity contribution >= 4 is 6.03 Å². The highest BCUT2D eigenvalue weighted by Crippen LogP contribution is 2.29. The lowest BCUT2D eigenvalue weighted by Gasteiger charge is -2.37. The van der Waals surface area contributed by atoms with E-state index in [1.807, 2.05) is 37.3 Å². The number of aliphatic hydroxyl groups is 1. The van der Waals surface area contributed by atoms with Crippen molar-refractivity contribution in [2.75, 3.05) is 32.8 Å². The number of nitrogens with one attached hydrogen (secondary N) is 2. The predicted molar refractivity (Wildman–Crippen MR) is 93.7 cm³/mol. The first-order chi connectivity index (χ1) is 12.2. The Morgan fingerprint density at radius 1 is 1.32 bits per heavy atom. The summed E-state index contributed by atoms with van der Waals surface area (Å²) in [6, 6.07) is 8.92. The quantitative estimate of drug-likeness (QED) is 0.725. The molecule has 4 atom stereocenters. The molecular formula is C18H27N3O4. The summed E-state index contributed by atoms with van der Waals surface area (Å²) in [5, 5.41) is 16.7. The van der Waals surface area contributed by atoms with Crippen molar-refractivity contribution in [1.29, 1.82) is 0 Å². The van der Waals surface area contributed by atoms with Gasteiger partial charge in [-0.15, -0.1) is 0 Å². The van der Waals surface area contributed by atoms with Crippen LogP contribution in [0, 0.1) is 0 Å². The summed E-state index contributed by atoms with van der Waals surface area (Å²) >= 11 is 0. The second kappa shape index (κ2) is 8.51. The van der Waals surface area contributed by atoms with Crippen LogP contribution in [-0.4, -0.2) is 73.2 Å². The van der Waals surface area contributed by atoms with Crippen LogP contribution >= 0.6 is 0 Å². The third-order valence-corrected chi connectivity index (χ3v) is 4.78. The van der Waals surface area contributed by atoms with Gasteiger partial charge in [0, 0.05) is 26.1 Å². The molecule has 1 aliphatic carbocycles. The van der Waals surface area contributed by atoms with E-state index in [1.165, 1.54) is 0 Å². The first kappa shape index (κ1) is 18.0. The minimum atomic E-state index is -0.676. The number of para-hydroxylation sites is 1. The summed E-state index contributed by atoms with van der Waals surface area (Å²) in [4.78, 5) is 14.2. The summed E-state index contributed by atoms with van der Waals surface area (Å²) in [7, 11) is 0. The van der Waals surface area contributed by atoms with Gasteiger partial charge in [0.15, 0.2) is 0 Å². The first-order valence-electron chi connectivity index (χ1n) is 8.95. The zero-order valence-corrected chi connectivity index (χ0v) is 14.6. The third kappa shape index (κ3) is 4.42. The number of benzene rings is 1. The van der Waals surface area contributed by atoms with Gasteiger partial charge in [-0.3, -0.25) is 4.90 Å². The highest BCUT2D eigenvalue weighted by Gasteiger charge is 2.47. The molecule has 2 aliphatic rings. The number of morpholine rings is 1. The number of aliphatic hydroxyl groups excluding tert-OH is 1. The average molecular weight is 349 g/mol. The number of nitrogens with zero attached hydrogens (tertiary/aromatic N) is 1. The number of hydrogen-bond acceptors (Lipinski definition) is 5. The van der Waals surface area contributed by atoms with E-state index >= 15 is 0 Å². The van der Waals surface area contributed by atoms with E-state index < -0.39 is 6.10 Å². The van der Waals surface area contributed by atoms with Crippen LogP contribution in [0.15, 0.2) is 30.3 Å². The minimum absolute atomic E-state index is 0.173. The van der Waals surface area contributed by atoms with Crippen LogP contribution in [0.2, 0.25) is 0 Å². The molecule has 1 aliphatic heterocycles. The van der Waals surface area contributed by atoms with Crippen molar-refractivity contribution in [3.63, 3.8) is 0 Å². The van der Waals surface area contributed by atoms with Gasteiger partial charge in [0.05, 0.1) is 25.3 Å². The zero-order valence-electron chi connectivity index (χ0n) is 14.6. The number of rotatable bonds is 5. The number of hydrogen-bond donors (Lipinski definition) is 3. The molecule has 3 N–H and O–H groups in total. The number of urea groups is 1. The first-order valence-corrected chi connectivity index (χ1v) is 8.95. The summed E-state index contributed by atoms with van der Waals surface area (Å²) in [5.41, 5.74) is 0. The summed E-state index contributed by atoms with van der Waals surface area (Å²) in [6.45, 7) is 5.21. The Labute approximate surface area is 148 Å². The van der Waals surface area contributed by atoms with Gasteiger partial charge in [0.2, 0.25) is 0 Å². The third-order valence-electron chi connectivity index (χ3n) is 4.78. The number of ether oxygens (including phenoxy) is 2. The fraction of sp³-hybridized carbons (Fsp3) is 0.611. The molecule has 1 aromatic carbocycles. The van der Waals surface area contributed by atoms with Crippen LogP contribution in [0.4, 0.5) is 4.79 Å². The maximum Gasteiger partial charge on any atom is 0.315 e. The van der Waals surface area contributed by atoms with E-state index in [0.29, 0.717) is 26.2 Å². The number of carbonyl (C=O) groups is 1. The largest absolute Gasteiger partial charge is 0.488 e. The summed E-state index contributed by atoms with van der Waals surface area (Å²) in [5.74, 6) is 0.728. The normalized spacial score (nSPS) is 30.0. The van der Waals surface area contributed by atoms with Crippen molar-refractivity contribution in [2.24, 2.45) is 0 Å². The smallest absolute Gasteiger partial charge is 0.315 e. The van der Waals surface area contributed by atoms with E-state index in [2.05, 4.69) is 15.5 Å². The lowest BCUT2D eigenvalue weighted by Crippen LogP contribution is -2.57. The maximum absolute atomic E-state index is 12.0. The SMILES string of the molecule is CCNC(=O)N[C@@H]1C[C@@H](Oc2ccccc2)[C@H](O)[C@H]1N1CCOCC1. The summed E-state index contributed by atoms with van der Waals surface area (Å²) < 4.78 is 11.4. The van der Waals surface area contributed by atoms with Gasteiger partial charge < -0.3 is 25.2 Å². The molecule has 0 bridgehead atoms. The molecule has 0 radical (unpaired) electrons. The fourth-order valence-electron chi connectivity index (χ4n) is 3.65. The molecule has 1 saturated heterocycles. The van der Waals surface area contributed by atoms with Crippen LogP contribution in [0.1, 0.15) is 13.3 Å². The van der Waals surface area contributed by atoms with E-state index in [0.717, 1.165) is 18.8 Å². The van der Waals surface area contributed by atoms with Crippen LogP contribution < -0.4 is 15.4 Å². The second-order valence-corrected chi connectivity index (χ2v) is 6.44.